The van der Waals surface area contributed by atoms with Crippen molar-refractivity contribution >= 4 is 34.9 Å². The Morgan fingerprint density at radius 3 is 2.61 bits per heavy atom. The maximum absolute atomic E-state index is 13.4. The van der Waals surface area contributed by atoms with Gasteiger partial charge in [-0.05, 0) is 29.7 Å². The molecule has 1 aromatic heterocycles. The molecule has 0 radical (unpaired) electrons. The van der Waals surface area contributed by atoms with Gasteiger partial charge in [-0.2, -0.15) is 0 Å². The standard InChI is InChI=1S/C15H11F3N2O2S/c16-10-4-5-11(15(18)14(10)17)20-13(22)8-19-12(21)6-3-9-2-1-7-23-9/h1-7H,8H2,(H,19,21)(H,20,22). The van der Waals surface area contributed by atoms with Crippen LogP contribution in [0.3, 0.4) is 0 Å². The van der Waals surface area contributed by atoms with E-state index in [0.717, 1.165) is 10.9 Å². The number of halogens is 3. The van der Waals surface area contributed by atoms with Gasteiger partial charge < -0.3 is 10.6 Å². The zero-order chi connectivity index (χ0) is 16.8. The molecule has 0 spiro atoms. The number of carbonyl (C=O) groups is 2. The predicted octanol–water partition coefficient (Wildman–Crippen LogP) is 2.93. The highest BCUT2D eigenvalue weighted by atomic mass is 32.1. The zero-order valence-electron chi connectivity index (χ0n) is 11.6. The van der Waals surface area contributed by atoms with Gasteiger partial charge in [0, 0.05) is 11.0 Å². The number of thiophene rings is 1. The summed E-state index contributed by atoms with van der Waals surface area (Å²) in [5.41, 5.74) is -0.503. The predicted molar refractivity (Wildman–Crippen MR) is 81.3 cm³/mol. The van der Waals surface area contributed by atoms with Gasteiger partial charge in [0.05, 0.1) is 12.2 Å². The summed E-state index contributed by atoms with van der Waals surface area (Å²) >= 11 is 1.44. The molecule has 8 heteroatoms. The lowest BCUT2D eigenvalue weighted by Gasteiger charge is -2.07. The smallest absolute Gasteiger partial charge is 0.244 e. The van der Waals surface area contributed by atoms with Crippen molar-refractivity contribution in [3.05, 3.63) is 58.1 Å². The number of nitrogens with one attached hydrogen (secondary N) is 2. The van der Waals surface area contributed by atoms with E-state index in [9.17, 15) is 22.8 Å². The summed E-state index contributed by atoms with van der Waals surface area (Å²) in [6.45, 7) is -0.438. The lowest BCUT2D eigenvalue weighted by atomic mass is 10.2. The Morgan fingerprint density at radius 2 is 1.91 bits per heavy atom. The fraction of sp³-hybridized carbons (Fsp3) is 0.0667. The summed E-state index contributed by atoms with van der Waals surface area (Å²) in [4.78, 5) is 23.9. The number of carbonyl (C=O) groups excluding carboxylic acids is 2. The average molecular weight is 340 g/mol. The fourth-order valence-electron chi connectivity index (χ4n) is 1.59. The van der Waals surface area contributed by atoms with Crippen molar-refractivity contribution < 1.29 is 22.8 Å². The molecule has 0 aliphatic rings. The monoisotopic (exact) mass is 340 g/mol. The molecule has 0 aliphatic carbocycles. The first-order chi connectivity index (χ1) is 11.0. The van der Waals surface area contributed by atoms with Gasteiger partial charge in [-0.3, -0.25) is 9.59 Å². The van der Waals surface area contributed by atoms with E-state index in [1.54, 1.807) is 6.08 Å². The van der Waals surface area contributed by atoms with Gasteiger partial charge in [0.1, 0.15) is 0 Å². The molecule has 0 aliphatic heterocycles. The van der Waals surface area contributed by atoms with E-state index in [2.05, 4.69) is 5.32 Å². The minimum Gasteiger partial charge on any atom is -0.343 e. The zero-order valence-corrected chi connectivity index (χ0v) is 12.4. The first-order valence-corrected chi connectivity index (χ1v) is 7.28. The van der Waals surface area contributed by atoms with Crippen molar-refractivity contribution in [3.8, 4) is 0 Å². The number of anilines is 1. The van der Waals surface area contributed by atoms with Crippen LogP contribution in [0, 0.1) is 17.5 Å². The first-order valence-electron chi connectivity index (χ1n) is 6.40. The van der Waals surface area contributed by atoms with Crippen LogP contribution < -0.4 is 10.6 Å². The van der Waals surface area contributed by atoms with Crippen molar-refractivity contribution in [1.29, 1.82) is 0 Å². The highest BCUT2D eigenvalue weighted by Crippen LogP contribution is 2.19. The lowest BCUT2D eigenvalue weighted by Crippen LogP contribution is -2.32. The quantitative estimate of drug-likeness (QED) is 0.649. The molecule has 1 aromatic carbocycles. The van der Waals surface area contributed by atoms with E-state index in [-0.39, 0.29) is 0 Å². The molecule has 0 saturated heterocycles. The van der Waals surface area contributed by atoms with Crippen molar-refractivity contribution in [2.24, 2.45) is 0 Å². The van der Waals surface area contributed by atoms with E-state index >= 15 is 0 Å². The topological polar surface area (TPSA) is 58.2 Å². The Labute approximate surface area is 133 Å². The normalized spacial score (nSPS) is 10.7. The molecule has 2 N–H and O–H groups in total. The molecule has 23 heavy (non-hydrogen) atoms. The molecule has 120 valence electrons. The second-order valence-corrected chi connectivity index (χ2v) is 5.32. The third-order valence-electron chi connectivity index (χ3n) is 2.67. The van der Waals surface area contributed by atoms with Crippen LogP contribution in [0.4, 0.5) is 18.9 Å². The second kappa shape index (κ2) is 7.59. The van der Waals surface area contributed by atoms with E-state index < -0.39 is 41.5 Å². The van der Waals surface area contributed by atoms with Gasteiger partial charge in [-0.25, -0.2) is 13.2 Å². The van der Waals surface area contributed by atoms with Crippen LogP contribution in [0.15, 0.2) is 35.7 Å². The van der Waals surface area contributed by atoms with E-state index in [1.807, 2.05) is 22.8 Å². The number of hydrogen-bond donors (Lipinski definition) is 2. The van der Waals surface area contributed by atoms with Crippen molar-refractivity contribution in [2.45, 2.75) is 0 Å². The number of benzene rings is 1. The molecule has 0 atom stereocenters. The highest BCUT2D eigenvalue weighted by molar-refractivity contribution is 7.10. The summed E-state index contributed by atoms with van der Waals surface area (Å²) in [6, 6.07) is 5.22. The fourth-order valence-corrected chi connectivity index (χ4v) is 2.21. The van der Waals surface area contributed by atoms with Crippen LogP contribution in [0.5, 0.6) is 0 Å². The molecule has 2 rings (SSSR count). The Kier molecular flexibility index (Phi) is 5.53. The molecule has 1 heterocycles. The third-order valence-corrected chi connectivity index (χ3v) is 3.51. The van der Waals surface area contributed by atoms with Crippen LogP contribution in [-0.2, 0) is 9.59 Å². The highest BCUT2D eigenvalue weighted by Gasteiger charge is 2.15. The Morgan fingerprint density at radius 1 is 1.13 bits per heavy atom. The van der Waals surface area contributed by atoms with E-state index in [4.69, 9.17) is 0 Å². The van der Waals surface area contributed by atoms with Crippen molar-refractivity contribution in [2.75, 3.05) is 11.9 Å². The summed E-state index contributed by atoms with van der Waals surface area (Å²) in [5.74, 6) is -5.81. The van der Waals surface area contributed by atoms with Crippen LogP contribution in [0.2, 0.25) is 0 Å². The minimum atomic E-state index is -1.68. The minimum absolute atomic E-state index is 0.438. The van der Waals surface area contributed by atoms with Gasteiger partial charge in [0.15, 0.2) is 17.5 Å². The van der Waals surface area contributed by atoms with Gasteiger partial charge in [0.25, 0.3) is 0 Å². The molecular weight excluding hydrogens is 329 g/mol. The maximum atomic E-state index is 13.4. The maximum Gasteiger partial charge on any atom is 0.244 e. The average Bonchev–Trinajstić information content (AvgIpc) is 3.05. The SMILES string of the molecule is O=C(C=Cc1cccs1)NCC(=O)Nc1ccc(F)c(F)c1F. The van der Waals surface area contributed by atoms with Gasteiger partial charge in [-0.1, -0.05) is 6.07 Å². The van der Waals surface area contributed by atoms with Crippen LogP contribution in [0.1, 0.15) is 4.88 Å². The van der Waals surface area contributed by atoms with Crippen molar-refractivity contribution in [3.63, 3.8) is 0 Å². The molecule has 0 fully saturated rings. The van der Waals surface area contributed by atoms with Gasteiger partial charge in [-0.15, -0.1) is 11.3 Å². The van der Waals surface area contributed by atoms with Crippen LogP contribution in [-0.4, -0.2) is 18.4 Å². The molecule has 0 saturated carbocycles. The lowest BCUT2D eigenvalue weighted by molar-refractivity contribution is -0.121. The molecule has 2 amide bonds. The largest absolute Gasteiger partial charge is 0.343 e. The van der Waals surface area contributed by atoms with Crippen LogP contribution in [0.25, 0.3) is 6.08 Å². The summed E-state index contributed by atoms with van der Waals surface area (Å²) in [7, 11) is 0. The summed E-state index contributed by atoms with van der Waals surface area (Å²) in [6.07, 6.45) is 2.82. The summed E-state index contributed by atoms with van der Waals surface area (Å²) < 4.78 is 39.1. The molecule has 0 bridgehead atoms. The Hall–Kier alpha value is -2.61. The van der Waals surface area contributed by atoms with Gasteiger partial charge in [0.2, 0.25) is 11.8 Å². The molecule has 2 aromatic rings. The third kappa shape index (κ3) is 4.68. The summed E-state index contributed by atoms with van der Waals surface area (Å²) in [5, 5.41) is 6.18. The Balaban J connectivity index is 1.86. The van der Waals surface area contributed by atoms with Crippen LogP contribution >= 0.6 is 11.3 Å². The molecule has 4 nitrogen and oxygen atoms in total. The Bertz CT molecular complexity index is 745. The second-order valence-electron chi connectivity index (χ2n) is 4.34. The number of hydrogen-bond acceptors (Lipinski definition) is 3. The first kappa shape index (κ1) is 16.8. The molecule has 0 unspecified atom stereocenters. The molecular formula is C15H11F3N2O2S. The van der Waals surface area contributed by atoms with E-state index in [1.165, 1.54) is 17.4 Å². The number of rotatable bonds is 5. The number of amides is 2. The van der Waals surface area contributed by atoms with Crippen molar-refractivity contribution in [1.82, 2.24) is 5.32 Å². The van der Waals surface area contributed by atoms with E-state index in [0.29, 0.717) is 6.07 Å². The van der Waals surface area contributed by atoms with Gasteiger partial charge >= 0.3 is 0 Å².